The highest BCUT2D eigenvalue weighted by atomic mass is 16.5. The van der Waals surface area contributed by atoms with E-state index in [1.54, 1.807) is 6.20 Å². The van der Waals surface area contributed by atoms with E-state index in [0.717, 1.165) is 80.9 Å². The lowest BCUT2D eigenvalue weighted by atomic mass is 9.49. The third kappa shape index (κ3) is 3.92. The van der Waals surface area contributed by atoms with Gasteiger partial charge in [-0.05, 0) is 75.2 Å². The SMILES string of the molecule is O=C(NCc1cccnc1N1CCOCC1)C1CCCN1C(=O)C12CC3CC(CC(C3)C1)C2. The summed E-state index contributed by atoms with van der Waals surface area (Å²) in [5, 5.41) is 3.15. The van der Waals surface area contributed by atoms with E-state index in [9.17, 15) is 9.59 Å². The molecule has 178 valence electrons. The quantitative estimate of drug-likeness (QED) is 0.744. The largest absolute Gasteiger partial charge is 0.378 e. The predicted molar refractivity (Wildman–Crippen MR) is 124 cm³/mol. The molecule has 7 nitrogen and oxygen atoms in total. The summed E-state index contributed by atoms with van der Waals surface area (Å²) < 4.78 is 5.47. The number of likely N-dealkylation sites (tertiary alicyclic amines) is 1. The molecule has 0 radical (unpaired) electrons. The van der Waals surface area contributed by atoms with Gasteiger partial charge in [-0.1, -0.05) is 6.07 Å². The molecule has 0 spiro atoms. The summed E-state index contributed by atoms with van der Waals surface area (Å²) in [6, 6.07) is 3.63. The summed E-state index contributed by atoms with van der Waals surface area (Å²) in [7, 11) is 0. The number of pyridine rings is 1. The van der Waals surface area contributed by atoms with Gasteiger partial charge in [0.2, 0.25) is 11.8 Å². The Morgan fingerprint density at radius 3 is 2.45 bits per heavy atom. The average Bonchev–Trinajstić information content (AvgIpc) is 3.32. The van der Waals surface area contributed by atoms with Gasteiger partial charge in [-0.25, -0.2) is 4.98 Å². The molecule has 4 bridgehead atoms. The summed E-state index contributed by atoms with van der Waals surface area (Å²) in [4.78, 5) is 35.9. The van der Waals surface area contributed by atoms with Crippen molar-refractivity contribution in [2.75, 3.05) is 37.7 Å². The maximum Gasteiger partial charge on any atom is 0.243 e. The van der Waals surface area contributed by atoms with Crippen molar-refractivity contribution in [2.45, 2.75) is 64.0 Å². The fraction of sp³-hybridized carbons (Fsp3) is 0.731. The molecule has 2 aliphatic heterocycles. The average molecular weight is 453 g/mol. The molecule has 1 aromatic heterocycles. The van der Waals surface area contributed by atoms with Gasteiger partial charge in [0.25, 0.3) is 0 Å². The van der Waals surface area contributed by atoms with E-state index < -0.39 is 0 Å². The maximum absolute atomic E-state index is 13.9. The van der Waals surface area contributed by atoms with Crippen LogP contribution in [0.3, 0.4) is 0 Å². The minimum atomic E-state index is -0.325. The summed E-state index contributed by atoms with van der Waals surface area (Å²) in [5.41, 5.74) is 0.842. The van der Waals surface area contributed by atoms with Crippen molar-refractivity contribution in [3.63, 3.8) is 0 Å². The Hall–Kier alpha value is -2.15. The fourth-order valence-electron chi connectivity index (χ4n) is 7.89. The van der Waals surface area contributed by atoms with Crippen LogP contribution >= 0.6 is 0 Å². The van der Waals surface area contributed by atoms with Gasteiger partial charge in [0.1, 0.15) is 11.9 Å². The number of morpholine rings is 1. The number of nitrogens with zero attached hydrogens (tertiary/aromatic N) is 3. The van der Waals surface area contributed by atoms with Crippen LogP contribution in [0.25, 0.3) is 0 Å². The van der Waals surface area contributed by atoms with Crippen molar-refractivity contribution in [2.24, 2.45) is 23.2 Å². The van der Waals surface area contributed by atoms with Gasteiger partial charge in [0.05, 0.1) is 18.6 Å². The molecule has 4 aliphatic carbocycles. The number of hydrogen-bond acceptors (Lipinski definition) is 5. The van der Waals surface area contributed by atoms with Gasteiger partial charge in [-0.2, -0.15) is 0 Å². The second-order valence-corrected chi connectivity index (χ2v) is 11.2. The molecular formula is C26H36N4O3. The molecule has 2 saturated heterocycles. The zero-order chi connectivity index (χ0) is 22.4. The summed E-state index contributed by atoms with van der Waals surface area (Å²) in [5.74, 6) is 3.41. The fourth-order valence-corrected chi connectivity index (χ4v) is 7.89. The first-order chi connectivity index (χ1) is 16.1. The van der Waals surface area contributed by atoms with Crippen LogP contribution in [-0.2, 0) is 20.9 Å². The van der Waals surface area contributed by atoms with Crippen LogP contribution in [0, 0.1) is 23.2 Å². The van der Waals surface area contributed by atoms with Crippen LogP contribution in [0.4, 0.5) is 5.82 Å². The predicted octanol–water partition coefficient (Wildman–Crippen LogP) is 2.74. The van der Waals surface area contributed by atoms with Crippen molar-refractivity contribution in [3.05, 3.63) is 23.9 Å². The first-order valence-corrected chi connectivity index (χ1v) is 13.0. The Labute approximate surface area is 196 Å². The molecule has 3 heterocycles. The van der Waals surface area contributed by atoms with E-state index in [-0.39, 0.29) is 23.3 Å². The van der Waals surface area contributed by atoms with Crippen molar-refractivity contribution >= 4 is 17.6 Å². The van der Waals surface area contributed by atoms with Crippen LogP contribution in [0.5, 0.6) is 0 Å². The first kappa shape index (κ1) is 21.4. The first-order valence-electron chi connectivity index (χ1n) is 13.0. The number of nitrogens with one attached hydrogen (secondary N) is 1. The van der Waals surface area contributed by atoms with Gasteiger partial charge in [-0.15, -0.1) is 0 Å². The van der Waals surface area contributed by atoms with Crippen LogP contribution < -0.4 is 10.2 Å². The van der Waals surface area contributed by atoms with Gasteiger partial charge in [-0.3, -0.25) is 9.59 Å². The molecular weight excluding hydrogens is 416 g/mol. The molecule has 1 N–H and O–H groups in total. The van der Waals surface area contributed by atoms with Gasteiger partial charge >= 0.3 is 0 Å². The number of rotatable bonds is 5. The Morgan fingerprint density at radius 2 is 1.76 bits per heavy atom. The Kier molecular flexibility index (Phi) is 5.55. The van der Waals surface area contributed by atoms with Gasteiger partial charge in [0, 0.05) is 37.9 Å². The van der Waals surface area contributed by atoms with Crippen molar-refractivity contribution < 1.29 is 14.3 Å². The molecule has 0 aromatic carbocycles. The van der Waals surface area contributed by atoms with Crippen LogP contribution in [-0.4, -0.2) is 60.6 Å². The number of hydrogen-bond donors (Lipinski definition) is 1. The molecule has 4 saturated carbocycles. The number of carbonyl (C=O) groups excluding carboxylic acids is 2. The Bertz CT molecular complexity index is 877. The van der Waals surface area contributed by atoms with Crippen LogP contribution in [0.1, 0.15) is 56.9 Å². The van der Waals surface area contributed by atoms with E-state index in [4.69, 9.17) is 4.74 Å². The molecule has 6 aliphatic rings. The highest BCUT2D eigenvalue weighted by molar-refractivity contribution is 5.91. The number of ether oxygens (including phenoxy) is 1. The lowest BCUT2D eigenvalue weighted by Gasteiger charge is -2.56. The summed E-state index contributed by atoms with van der Waals surface area (Å²) >= 11 is 0. The smallest absolute Gasteiger partial charge is 0.243 e. The number of carbonyl (C=O) groups is 2. The summed E-state index contributed by atoms with van der Waals surface area (Å²) in [6.45, 7) is 4.19. The number of aromatic nitrogens is 1. The van der Waals surface area contributed by atoms with E-state index >= 15 is 0 Å². The van der Waals surface area contributed by atoms with E-state index in [1.165, 1.54) is 19.3 Å². The highest BCUT2D eigenvalue weighted by Crippen LogP contribution is 2.60. The lowest BCUT2D eigenvalue weighted by Crippen LogP contribution is -2.57. The molecule has 7 rings (SSSR count). The van der Waals surface area contributed by atoms with E-state index in [1.807, 2.05) is 17.0 Å². The summed E-state index contributed by atoms with van der Waals surface area (Å²) in [6.07, 6.45) is 10.6. The maximum atomic E-state index is 13.9. The second-order valence-electron chi connectivity index (χ2n) is 11.2. The number of amides is 2. The highest BCUT2D eigenvalue weighted by Gasteiger charge is 2.56. The van der Waals surface area contributed by atoms with Gasteiger partial charge in [0.15, 0.2) is 0 Å². The van der Waals surface area contributed by atoms with Gasteiger partial charge < -0.3 is 19.9 Å². The van der Waals surface area contributed by atoms with Crippen molar-refractivity contribution in [3.8, 4) is 0 Å². The van der Waals surface area contributed by atoms with E-state index in [0.29, 0.717) is 19.8 Å². The minimum Gasteiger partial charge on any atom is -0.378 e. The van der Waals surface area contributed by atoms with E-state index in [2.05, 4.69) is 15.2 Å². The lowest BCUT2D eigenvalue weighted by molar-refractivity contribution is -0.160. The van der Waals surface area contributed by atoms with Crippen LogP contribution in [0.15, 0.2) is 18.3 Å². The third-order valence-electron chi connectivity index (χ3n) is 8.94. The Balaban J connectivity index is 1.13. The Morgan fingerprint density at radius 1 is 1.06 bits per heavy atom. The van der Waals surface area contributed by atoms with Crippen molar-refractivity contribution in [1.82, 2.24) is 15.2 Å². The third-order valence-corrected chi connectivity index (χ3v) is 8.94. The molecule has 1 aromatic rings. The molecule has 7 heteroatoms. The minimum absolute atomic E-state index is 0.0117. The van der Waals surface area contributed by atoms with Crippen LogP contribution in [0.2, 0.25) is 0 Å². The standard InChI is InChI=1S/C26H36N4O3/c31-24(28-17-21-3-1-5-27-23(21)29-7-9-33-10-8-29)22-4-2-6-30(22)25(32)26-14-18-11-19(15-26)13-20(12-18)16-26/h1,3,5,18-20,22H,2,4,6-17H2,(H,28,31). The molecule has 33 heavy (non-hydrogen) atoms. The molecule has 1 unspecified atom stereocenters. The zero-order valence-corrected chi connectivity index (χ0v) is 19.5. The molecule has 6 fully saturated rings. The van der Waals surface area contributed by atoms with Crippen molar-refractivity contribution in [1.29, 1.82) is 0 Å². The zero-order valence-electron chi connectivity index (χ0n) is 19.5. The molecule has 1 atom stereocenters. The topological polar surface area (TPSA) is 74.8 Å². The monoisotopic (exact) mass is 452 g/mol. The number of anilines is 1. The molecule has 2 amide bonds. The second kappa shape index (κ2) is 8.57. The normalized spacial score (nSPS) is 35.2.